The van der Waals surface area contributed by atoms with E-state index in [0.29, 0.717) is 12.8 Å². The van der Waals surface area contributed by atoms with Crippen molar-refractivity contribution >= 4 is 21.9 Å². The highest BCUT2D eigenvalue weighted by molar-refractivity contribution is 7.88. The van der Waals surface area contributed by atoms with Crippen molar-refractivity contribution in [3.8, 4) is 0 Å². The van der Waals surface area contributed by atoms with Crippen molar-refractivity contribution in [2.45, 2.75) is 25.8 Å². The van der Waals surface area contributed by atoms with Crippen molar-refractivity contribution < 1.29 is 23.1 Å². The van der Waals surface area contributed by atoms with Crippen LogP contribution in [0, 0.1) is 5.41 Å². The second-order valence-electron chi connectivity index (χ2n) is 5.36. The van der Waals surface area contributed by atoms with E-state index in [-0.39, 0.29) is 31.6 Å². The van der Waals surface area contributed by atoms with Gasteiger partial charge in [-0.1, -0.05) is 0 Å². The minimum Gasteiger partial charge on any atom is -0.480 e. The molecular formula is C11H18N2O5S. The summed E-state index contributed by atoms with van der Waals surface area (Å²) in [6.45, 7) is 2.45. The van der Waals surface area contributed by atoms with Crippen LogP contribution in [-0.4, -0.2) is 66.5 Å². The molecule has 0 aromatic carbocycles. The lowest BCUT2D eigenvalue weighted by Crippen LogP contribution is -2.57. The molecule has 0 spiro atoms. The first-order valence-electron chi connectivity index (χ1n) is 6.18. The fourth-order valence-electron chi connectivity index (χ4n) is 2.56. The highest BCUT2D eigenvalue weighted by Crippen LogP contribution is 2.47. The van der Waals surface area contributed by atoms with Gasteiger partial charge in [0.1, 0.15) is 5.41 Å². The number of piperazine rings is 1. The molecule has 19 heavy (non-hydrogen) atoms. The third-order valence-corrected chi connectivity index (χ3v) is 5.24. The van der Waals surface area contributed by atoms with Gasteiger partial charge in [0.05, 0.1) is 6.26 Å². The van der Waals surface area contributed by atoms with E-state index in [4.69, 9.17) is 5.11 Å². The van der Waals surface area contributed by atoms with Gasteiger partial charge in [0.2, 0.25) is 15.9 Å². The lowest BCUT2D eigenvalue weighted by Gasteiger charge is -2.39. The molecule has 1 heterocycles. The minimum absolute atomic E-state index is 0.224. The summed E-state index contributed by atoms with van der Waals surface area (Å²) in [5.41, 5.74) is -1.24. The van der Waals surface area contributed by atoms with Crippen LogP contribution >= 0.6 is 0 Å². The first-order chi connectivity index (χ1) is 8.68. The van der Waals surface area contributed by atoms with E-state index < -0.39 is 21.4 Å². The van der Waals surface area contributed by atoms with Gasteiger partial charge in [0.15, 0.2) is 0 Å². The summed E-state index contributed by atoms with van der Waals surface area (Å²) in [7, 11) is -3.28. The van der Waals surface area contributed by atoms with Crippen LogP contribution in [0.1, 0.15) is 19.8 Å². The lowest BCUT2D eigenvalue weighted by molar-refractivity contribution is -0.154. The Labute approximate surface area is 112 Å². The van der Waals surface area contributed by atoms with Crippen LogP contribution in [0.25, 0.3) is 0 Å². The van der Waals surface area contributed by atoms with Gasteiger partial charge in [0, 0.05) is 25.7 Å². The standard InChI is InChI=1S/C11H18N2O5S/c1-8-7-12(5-6-13(8)19(2,17)18)9(14)11(3-4-11)10(15)16/h8H,3-7H2,1-2H3,(H,15,16)/t8-/m0/s1. The van der Waals surface area contributed by atoms with E-state index in [2.05, 4.69) is 0 Å². The number of carboxylic acids is 1. The number of carbonyl (C=O) groups is 2. The molecule has 1 aliphatic carbocycles. The topological polar surface area (TPSA) is 95.0 Å². The average molecular weight is 290 g/mol. The molecule has 7 nitrogen and oxygen atoms in total. The average Bonchev–Trinajstić information content (AvgIpc) is 3.07. The largest absolute Gasteiger partial charge is 0.480 e. The zero-order chi connectivity index (χ0) is 14.4. The molecule has 1 amide bonds. The SMILES string of the molecule is C[C@H]1CN(C(=O)C2(C(=O)O)CC2)CCN1S(C)(=O)=O. The Morgan fingerprint density at radius 1 is 1.26 bits per heavy atom. The van der Waals surface area contributed by atoms with Gasteiger partial charge in [-0.15, -0.1) is 0 Å². The van der Waals surface area contributed by atoms with E-state index in [9.17, 15) is 18.0 Å². The van der Waals surface area contributed by atoms with Gasteiger partial charge in [-0.05, 0) is 19.8 Å². The Kier molecular flexibility index (Phi) is 3.34. The van der Waals surface area contributed by atoms with Crippen molar-refractivity contribution in [2.75, 3.05) is 25.9 Å². The molecule has 1 saturated heterocycles. The van der Waals surface area contributed by atoms with E-state index in [1.54, 1.807) is 6.92 Å². The maximum Gasteiger partial charge on any atom is 0.319 e. The highest BCUT2D eigenvalue weighted by Gasteiger charge is 2.59. The Hall–Kier alpha value is -1.15. The van der Waals surface area contributed by atoms with Gasteiger partial charge in [-0.3, -0.25) is 9.59 Å². The molecule has 0 bridgehead atoms. The van der Waals surface area contributed by atoms with Crippen molar-refractivity contribution in [1.82, 2.24) is 9.21 Å². The lowest BCUT2D eigenvalue weighted by atomic mass is 10.0. The summed E-state index contributed by atoms with van der Waals surface area (Å²) >= 11 is 0. The molecule has 0 aromatic rings. The molecule has 108 valence electrons. The van der Waals surface area contributed by atoms with Crippen LogP contribution in [0.3, 0.4) is 0 Å². The Morgan fingerprint density at radius 2 is 1.84 bits per heavy atom. The zero-order valence-electron chi connectivity index (χ0n) is 11.0. The molecule has 1 aliphatic heterocycles. The number of rotatable bonds is 3. The van der Waals surface area contributed by atoms with Crippen molar-refractivity contribution in [3.05, 3.63) is 0 Å². The normalized spacial score (nSPS) is 27.1. The Morgan fingerprint density at radius 3 is 2.21 bits per heavy atom. The third kappa shape index (κ3) is 2.46. The summed E-state index contributed by atoms with van der Waals surface area (Å²) in [6, 6.07) is -0.322. The Bertz CT molecular complexity index is 511. The van der Waals surface area contributed by atoms with E-state index in [1.165, 1.54) is 9.21 Å². The van der Waals surface area contributed by atoms with Crippen molar-refractivity contribution in [1.29, 1.82) is 0 Å². The maximum absolute atomic E-state index is 12.2. The smallest absolute Gasteiger partial charge is 0.319 e. The quantitative estimate of drug-likeness (QED) is 0.696. The number of sulfonamides is 1. The van der Waals surface area contributed by atoms with E-state index >= 15 is 0 Å². The molecule has 1 saturated carbocycles. The number of carbonyl (C=O) groups excluding carboxylic acids is 1. The predicted molar refractivity (Wildman–Crippen MR) is 66.9 cm³/mol. The molecule has 1 N–H and O–H groups in total. The van der Waals surface area contributed by atoms with Crippen LogP contribution in [-0.2, 0) is 19.6 Å². The predicted octanol–water partition coefficient (Wildman–Crippen LogP) is -0.656. The molecule has 0 radical (unpaired) electrons. The number of hydrogen-bond acceptors (Lipinski definition) is 4. The van der Waals surface area contributed by atoms with Gasteiger partial charge >= 0.3 is 5.97 Å². The van der Waals surface area contributed by atoms with Crippen LogP contribution in [0.5, 0.6) is 0 Å². The van der Waals surface area contributed by atoms with Crippen molar-refractivity contribution in [3.63, 3.8) is 0 Å². The fraction of sp³-hybridized carbons (Fsp3) is 0.818. The molecule has 8 heteroatoms. The summed E-state index contributed by atoms with van der Waals surface area (Å²) in [4.78, 5) is 24.8. The number of nitrogens with zero attached hydrogens (tertiary/aromatic N) is 2. The van der Waals surface area contributed by atoms with E-state index in [1.807, 2.05) is 0 Å². The summed E-state index contributed by atoms with van der Waals surface area (Å²) < 4.78 is 24.4. The molecular weight excluding hydrogens is 272 g/mol. The molecule has 2 fully saturated rings. The first kappa shape index (κ1) is 14.3. The second kappa shape index (κ2) is 4.45. The first-order valence-corrected chi connectivity index (χ1v) is 8.03. The number of aliphatic carboxylic acids is 1. The second-order valence-corrected chi connectivity index (χ2v) is 7.30. The van der Waals surface area contributed by atoms with Gasteiger partial charge in [-0.2, -0.15) is 4.31 Å². The molecule has 2 rings (SSSR count). The number of carboxylic acid groups (broad SMARTS) is 1. The molecule has 0 aromatic heterocycles. The molecule has 1 atom stereocenters. The number of hydrogen-bond donors (Lipinski definition) is 1. The highest BCUT2D eigenvalue weighted by atomic mass is 32.2. The van der Waals surface area contributed by atoms with Crippen LogP contribution < -0.4 is 0 Å². The van der Waals surface area contributed by atoms with Gasteiger partial charge < -0.3 is 10.0 Å². The fourth-order valence-corrected chi connectivity index (χ4v) is 3.70. The number of amides is 1. The van der Waals surface area contributed by atoms with Gasteiger partial charge in [0.25, 0.3) is 0 Å². The Balaban J connectivity index is 2.07. The van der Waals surface area contributed by atoms with Crippen LogP contribution in [0.2, 0.25) is 0 Å². The summed E-state index contributed by atoms with van der Waals surface area (Å²) in [5, 5.41) is 9.10. The van der Waals surface area contributed by atoms with Crippen molar-refractivity contribution in [2.24, 2.45) is 5.41 Å². The summed E-state index contributed by atoms with van der Waals surface area (Å²) in [5.74, 6) is -1.45. The summed E-state index contributed by atoms with van der Waals surface area (Å²) in [6.07, 6.45) is 1.89. The molecule has 0 unspecified atom stereocenters. The van der Waals surface area contributed by atoms with Crippen LogP contribution in [0.15, 0.2) is 0 Å². The zero-order valence-corrected chi connectivity index (χ0v) is 11.8. The maximum atomic E-state index is 12.2. The minimum atomic E-state index is -3.28. The molecule has 2 aliphatic rings. The van der Waals surface area contributed by atoms with Crippen LogP contribution in [0.4, 0.5) is 0 Å². The van der Waals surface area contributed by atoms with E-state index in [0.717, 1.165) is 6.26 Å². The monoisotopic (exact) mass is 290 g/mol. The third-order valence-electron chi connectivity index (χ3n) is 3.85. The van der Waals surface area contributed by atoms with Gasteiger partial charge in [-0.25, -0.2) is 8.42 Å².